The SMILES string of the molecule is CCN(CC(NC)c1ccccc1C)c1ccccc1C. The molecule has 21 heavy (non-hydrogen) atoms. The quantitative estimate of drug-likeness (QED) is 0.858. The van der Waals surface area contributed by atoms with Gasteiger partial charge in [-0.25, -0.2) is 0 Å². The number of nitrogens with one attached hydrogen (secondary N) is 1. The van der Waals surface area contributed by atoms with Gasteiger partial charge in [0.1, 0.15) is 0 Å². The summed E-state index contributed by atoms with van der Waals surface area (Å²) in [4.78, 5) is 2.45. The number of hydrogen-bond donors (Lipinski definition) is 1. The van der Waals surface area contributed by atoms with Gasteiger partial charge >= 0.3 is 0 Å². The van der Waals surface area contributed by atoms with Gasteiger partial charge in [-0.05, 0) is 50.6 Å². The molecule has 2 aromatic rings. The molecule has 0 bridgehead atoms. The monoisotopic (exact) mass is 282 g/mol. The van der Waals surface area contributed by atoms with Crippen molar-refractivity contribution in [1.82, 2.24) is 5.32 Å². The van der Waals surface area contributed by atoms with Gasteiger partial charge in [-0.3, -0.25) is 0 Å². The van der Waals surface area contributed by atoms with E-state index in [2.05, 4.69) is 79.5 Å². The van der Waals surface area contributed by atoms with Crippen LogP contribution >= 0.6 is 0 Å². The Bertz CT molecular complexity index is 526. The van der Waals surface area contributed by atoms with E-state index in [9.17, 15) is 0 Å². The number of benzene rings is 2. The normalized spacial score (nSPS) is 12.2. The highest BCUT2D eigenvalue weighted by molar-refractivity contribution is 5.53. The van der Waals surface area contributed by atoms with E-state index in [1.165, 1.54) is 22.4 Å². The van der Waals surface area contributed by atoms with Crippen LogP contribution in [0.3, 0.4) is 0 Å². The van der Waals surface area contributed by atoms with Gasteiger partial charge in [-0.2, -0.15) is 0 Å². The third-order valence-electron chi connectivity index (χ3n) is 4.15. The van der Waals surface area contributed by atoms with Crippen LogP contribution in [0.25, 0.3) is 0 Å². The highest BCUT2D eigenvalue weighted by Crippen LogP contribution is 2.24. The lowest BCUT2D eigenvalue weighted by Gasteiger charge is -2.30. The smallest absolute Gasteiger partial charge is 0.0498 e. The molecule has 0 aliphatic heterocycles. The second-order valence-corrected chi connectivity index (χ2v) is 5.52. The van der Waals surface area contributed by atoms with E-state index in [1.807, 2.05) is 7.05 Å². The van der Waals surface area contributed by atoms with Gasteiger partial charge in [-0.1, -0.05) is 42.5 Å². The third-order valence-corrected chi connectivity index (χ3v) is 4.15. The second-order valence-electron chi connectivity index (χ2n) is 5.52. The standard InChI is InChI=1S/C19H26N2/c1-5-21(19-13-9-7-11-16(19)3)14-18(20-4)17-12-8-6-10-15(17)2/h6-13,18,20H,5,14H2,1-4H3. The molecule has 2 aromatic carbocycles. The molecule has 112 valence electrons. The van der Waals surface area contributed by atoms with E-state index in [4.69, 9.17) is 0 Å². The fourth-order valence-corrected chi connectivity index (χ4v) is 2.86. The number of nitrogens with zero attached hydrogens (tertiary/aromatic N) is 1. The van der Waals surface area contributed by atoms with Crippen molar-refractivity contribution in [2.45, 2.75) is 26.8 Å². The van der Waals surface area contributed by atoms with Gasteiger partial charge in [0.05, 0.1) is 0 Å². The number of likely N-dealkylation sites (N-methyl/N-ethyl adjacent to an activating group) is 2. The first-order valence-corrected chi connectivity index (χ1v) is 7.70. The molecule has 1 atom stereocenters. The van der Waals surface area contributed by atoms with Crippen molar-refractivity contribution in [3.8, 4) is 0 Å². The fraction of sp³-hybridized carbons (Fsp3) is 0.368. The summed E-state index contributed by atoms with van der Waals surface area (Å²) in [6.07, 6.45) is 0. The molecule has 2 nitrogen and oxygen atoms in total. The van der Waals surface area contributed by atoms with Crippen LogP contribution in [-0.4, -0.2) is 20.1 Å². The van der Waals surface area contributed by atoms with Crippen molar-refractivity contribution in [3.63, 3.8) is 0 Å². The van der Waals surface area contributed by atoms with Crippen molar-refractivity contribution >= 4 is 5.69 Å². The molecule has 0 amide bonds. The molecule has 2 rings (SSSR count). The summed E-state index contributed by atoms with van der Waals surface area (Å²) in [5, 5.41) is 3.47. The van der Waals surface area contributed by atoms with Crippen LogP contribution in [0.5, 0.6) is 0 Å². The Morgan fingerprint density at radius 1 is 0.952 bits per heavy atom. The molecule has 0 heterocycles. The zero-order valence-corrected chi connectivity index (χ0v) is 13.6. The zero-order chi connectivity index (χ0) is 15.2. The van der Waals surface area contributed by atoms with Crippen molar-refractivity contribution in [1.29, 1.82) is 0 Å². The molecule has 0 spiro atoms. The van der Waals surface area contributed by atoms with Crippen molar-refractivity contribution < 1.29 is 0 Å². The number of rotatable bonds is 6. The molecule has 0 saturated heterocycles. The van der Waals surface area contributed by atoms with Crippen LogP contribution in [0.1, 0.15) is 29.7 Å². The summed E-state index contributed by atoms with van der Waals surface area (Å²) in [6, 6.07) is 17.6. The number of anilines is 1. The Labute approximate surface area is 128 Å². The van der Waals surface area contributed by atoms with Crippen LogP contribution in [0.2, 0.25) is 0 Å². The molecule has 0 aliphatic carbocycles. The number of aryl methyl sites for hydroxylation is 2. The summed E-state index contributed by atoms with van der Waals surface area (Å²) in [5.41, 5.74) is 5.39. The van der Waals surface area contributed by atoms with Crippen molar-refractivity contribution in [3.05, 3.63) is 65.2 Å². The maximum atomic E-state index is 3.47. The molecule has 2 heteroatoms. The Hall–Kier alpha value is -1.80. The lowest BCUT2D eigenvalue weighted by Crippen LogP contribution is -2.34. The van der Waals surface area contributed by atoms with Gasteiger partial charge < -0.3 is 10.2 Å². The van der Waals surface area contributed by atoms with E-state index in [0.717, 1.165) is 13.1 Å². The molecule has 0 aliphatic rings. The van der Waals surface area contributed by atoms with Crippen LogP contribution < -0.4 is 10.2 Å². The summed E-state index contributed by atoms with van der Waals surface area (Å²) >= 11 is 0. The maximum Gasteiger partial charge on any atom is 0.0498 e. The van der Waals surface area contributed by atoms with Crippen molar-refractivity contribution in [2.75, 3.05) is 25.0 Å². The second kappa shape index (κ2) is 7.28. The topological polar surface area (TPSA) is 15.3 Å². The van der Waals surface area contributed by atoms with E-state index in [1.54, 1.807) is 0 Å². The van der Waals surface area contributed by atoms with Crippen LogP contribution in [0.4, 0.5) is 5.69 Å². The zero-order valence-electron chi connectivity index (χ0n) is 13.6. The van der Waals surface area contributed by atoms with Gasteiger partial charge in [0.15, 0.2) is 0 Å². The predicted molar refractivity (Wildman–Crippen MR) is 92.0 cm³/mol. The van der Waals surface area contributed by atoms with Gasteiger partial charge in [0, 0.05) is 24.8 Å². The minimum atomic E-state index is 0.339. The predicted octanol–water partition coefficient (Wildman–Crippen LogP) is 4.09. The molecule has 1 N–H and O–H groups in total. The van der Waals surface area contributed by atoms with E-state index < -0.39 is 0 Å². The average Bonchev–Trinajstić information content (AvgIpc) is 2.51. The maximum absolute atomic E-state index is 3.47. The minimum Gasteiger partial charge on any atom is -0.370 e. The van der Waals surface area contributed by atoms with Crippen LogP contribution in [-0.2, 0) is 0 Å². The van der Waals surface area contributed by atoms with E-state index in [0.29, 0.717) is 6.04 Å². The largest absolute Gasteiger partial charge is 0.370 e. The Morgan fingerprint density at radius 3 is 2.14 bits per heavy atom. The Kier molecular flexibility index (Phi) is 5.40. The third kappa shape index (κ3) is 3.64. The molecule has 1 unspecified atom stereocenters. The van der Waals surface area contributed by atoms with E-state index >= 15 is 0 Å². The lowest BCUT2D eigenvalue weighted by molar-refractivity contribution is 0.574. The van der Waals surface area contributed by atoms with Gasteiger partial charge in [0.25, 0.3) is 0 Å². The minimum absolute atomic E-state index is 0.339. The summed E-state index contributed by atoms with van der Waals surface area (Å²) in [7, 11) is 2.04. The van der Waals surface area contributed by atoms with Crippen LogP contribution in [0, 0.1) is 13.8 Å². The molecular formula is C19H26N2. The van der Waals surface area contributed by atoms with Crippen LogP contribution in [0.15, 0.2) is 48.5 Å². The number of para-hydroxylation sites is 1. The Morgan fingerprint density at radius 2 is 1.57 bits per heavy atom. The fourth-order valence-electron chi connectivity index (χ4n) is 2.86. The summed E-state index contributed by atoms with van der Waals surface area (Å²) < 4.78 is 0. The highest BCUT2D eigenvalue weighted by Gasteiger charge is 2.16. The van der Waals surface area contributed by atoms with Gasteiger partial charge in [-0.15, -0.1) is 0 Å². The highest BCUT2D eigenvalue weighted by atomic mass is 15.1. The van der Waals surface area contributed by atoms with Crippen molar-refractivity contribution in [2.24, 2.45) is 0 Å². The molecule has 0 aromatic heterocycles. The number of hydrogen-bond acceptors (Lipinski definition) is 2. The average molecular weight is 282 g/mol. The first-order valence-electron chi connectivity index (χ1n) is 7.70. The molecule has 0 saturated carbocycles. The lowest BCUT2D eigenvalue weighted by atomic mass is 10.0. The summed E-state index contributed by atoms with van der Waals surface area (Å²) in [6.45, 7) is 8.57. The Balaban J connectivity index is 2.24. The van der Waals surface area contributed by atoms with E-state index in [-0.39, 0.29) is 0 Å². The molecule has 0 radical (unpaired) electrons. The molecular weight excluding hydrogens is 256 g/mol. The first kappa shape index (κ1) is 15.6. The van der Waals surface area contributed by atoms with Gasteiger partial charge in [0.2, 0.25) is 0 Å². The molecule has 0 fully saturated rings. The first-order chi connectivity index (χ1) is 10.2. The summed E-state index contributed by atoms with van der Waals surface area (Å²) in [5.74, 6) is 0.